The Morgan fingerprint density at radius 3 is 2.94 bits per heavy atom. The SMILES string of the molecule is COCC(C)Nc1cc(N2CCOCC2)ncn1. The lowest BCUT2D eigenvalue weighted by Gasteiger charge is -2.28. The van der Waals surface area contributed by atoms with Crippen LogP contribution in [0.25, 0.3) is 0 Å². The number of nitrogens with one attached hydrogen (secondary N) is 1. The molecule has 1 aromatic heterocycles. The molecule has 1 saturated heterocycles. The van der Waals surface area contributed by atoms with Crippen molar-refractivity contribution in [2.24, 2.45) is 0 Å². The molecule has 0 aromatic carbocycles. The summed E-state index contributed by atoms with van der Waals surface area (Å²) < 4.78 is 10.4. The van der Waals surface area contributed by atoms with E-state index in [-0.39, 0.29) is 6.04 Å². The number of morpholine rings is 1. The van der Waals surface area contributed by atoms with Gasteiger partial charge in [0, 0.05) is 32.3 Å². The third-order valence-corrected chi connectivity index (χ3v) is 2.80. The molecule has 1 atom stereocenters. The van der Waals surface area contributed by atoms with Crippen molar-refractivity contribution in [1.29, 1.82) is 0 Å². The van der Waals surface area contributed by atoms with Crippen molar-refractivity contribution < 1.29 is 9.47 Å². The maximum Gasteiger partial charge on any atom is 0.134 e. The summed E-state index contributed by atoms with van der Waals surface area (Å²) in [7, 11) is 1.69. The Bertz CT molecular complexity index is 369. The van der Waals surface area contributed by atoms with Crippen LogP contribution in [-0.4, -0.2) is 56.0 Å². The zero-order valence-electron chi connectivity index (χ0n) is 10.9. The van der Waals surface area contributed by atoms with Gasteiger partial charge in [-0.2, -0.15) is 0 Å². The van der Waals surface area contributed by atoms with Crippen molar-refractivity contribution in [2.75, 3.05) is 50.2 Å². The molecule has 0 aliphatic carbocycles. The Kier molecular flexibility index (Phi) is 4.72. The van der Waals surface area contributed by atoms with E-state index in [0.29, 0.717) is 6.61 Å². The normalized spacial score (nSPS) is 17.6. The first kappa shape index (κ1) is 13.0. The molecule has 6 nitrogen and oxygen atoms in total. The second-order valence-corrected chi connectivity index (χ2v) is 4.36. The van der Waals surface area contributed by atoms with Crippen LogP contribution < -0.4 is 10.2 Å². The molecule has 0 spiro atoms. The highest BCUT2D eigenvalue weighted by Crippen LogP contribution is 2.15. The summed E-state index contributed by atoms with van der Waals surface area (Å²) in [6.45, 7) is 5.98. The maximum absolute atomic E-state index is 5.33. The van der Waals surface area contributed by atoms with Gasteiger partial charge < -0.3 is 19.7 Å². The molecule has 0 saturated carbocycles. The first-order valence-corrected chi connectivity index (χ1v) is 6.20. The van der Waals surface area contributed by atoms with Gasteiger partial charge in [-0.15, -0.1) is 0 Å². The van der Waals surface area contributed by atoms with E-state index in [9.17, 15) is 0 Å². The number of hydrogen-bond acceptors (Lipinski definition) is 6. The lowest BCUT2D eigenvalue weighted by molar-refractivity contribution is 0.122. The van der Waals surface area contributed by atoms with Crippen LogP contribution in [0, 0.1) is 0 Å². The van der Waals surface area contributed by atoms with E-state index in [2.05, 4.69) is 27.1 Å². The summed E-state index contributed by atoms with van der Waals surface area (Å²) in [4.78, 5) is 10.7. The molecular formula is C12H20N4O2. The highest BCUT2D eigenvalue weighted by Gasteiger charge is 2.13. The van der Waals surface area contributed by atoms with Crippen LogP contribution in [-0.2, 0) is 9.47 Å². The average molecular weight is 252 g/mol. The quantitative estimate of drug-likeness (QED) is 0.835. The Labute approximate surface area is 107 Å². The van der Waals surface area contributed by atoms with E-state index < -0.39 is 0 Å². The summed E-state index contributed by atoms with van der Waals surface area (Å²) in [5.41, 5.74) is 0. The van der Waals surface area contributed by atoms with Gasteiger partial charge in [0.25, 0.3) is 0 Å². The van der Waals surface area contributed by atoms with E-state index in [0.717, 1.165) is 37.9 Å². The fourth-order valence-corrected chi connectivity index (χ4v) is 1.94. The van der Waals surface area contributed by atoms with Gasteiger partial charge in [-0.05, 0) is 6.92 Å². The summed E-state index contributed by atoms with van der Waals surface area (Å²) in [5, 5.41) is 3.29. The lowest BCUT2D eigenvalue weighted by atomic mass is 10.3. The number of ether oxygens (including phenoxy) is 2. The smallest absolute Gasteiger partial charge is 0.134 e. The molecule has 1 N–H and O–H groups in total. The van der Waals surface area contributed by atoms with E-state index in [4.69, 9.17) is 9.47 Å². The van der Waals surface area contributed by atoms with Crippen LogP contribution in [0.3, 0.4) is 0 Å². The Balaban J connectivity index is 2.00. The Hall–Kier alpha value is -1.40. The minimum Gasteiger partial charge on any atom is -0.383 e. The molecule has 1 fully saturated rings. The van der Waals surface area contributed by atoms with Gasteiger partial charge in [0.15, 0.2) is 0 Å². The maximum atomic E-state index is 5.33. The fraction of sp³-hybridized carbons (Fsp3) is 0.667. The highest BCUT2D eigenvalue weighted by molar-refractivity contribution is 5.49. The first-order chi connectivity index (χ1) is 8.79. The van der Waals surface area contributed by atoms with Gasteiger partial charge >= 0.3 is 0 Å². The third-order valence-electron chi connectivity index (χ3n) is 2.80. The molecule has 2 rings (SSSR count). The second kappa shape index (κ2) is 6.51. The van der Waals surface area contributed by atoms with Gasteiger partial charge in [0.05, 0.1) is 19.8 Å². The largest absolute Gasteiger partial charge is 0.383 e. The Morgan fingerprint density at radius 1 is 1.44 bits per heavy atom. The van der Waals surface area contributed by atoms with Gasteiger partial charge in [0.2, 0.25) is 0 Å². The molecular weight excluding hydrogens is 232 g/mol. The van der Waals surface area contributed by atoms with Crippen molar-refractivity contribution in [3.8, 4) is 0 Å². The van der Waals surface area contributed by atoms with Crippen LogP contribution in [0.2, 0.25) is 0 Å². The van der Waals surface area contributed by atoms with E-state index in [1.165, 1.54) is 0 Å². The van der Waals surface area contributed by atoms with E-state index in [1.807, 2.05) is 6.07 Å². The zero-order valence-corrected chi connectivity index (χ0v) is 10.9. The fourth-order valence-electron chi connectivity index (χ4n) is 1.94. The van der Waals surface area contributed by atoms with Crippen molar-refractivity contribution in [2.45, 2.75) is 13.0 Å². The van der Waals surface area contributed by atoms with Gasteiger partial charge in [-0.3, -0.25) is 0 Å². The average Bonchev–Trinajstić information content (AvgIpc) is 2.40. The number of aromatic nitrogens is 2. The van der Waals surface area contributed by atoms with Crippen LogP contribution >= 0.6 is 0 Å². The molecule has 1 aliphatic heterocycles. The topological polar surface area (TPSA) is 59.5 Å². The molecule has 0 radical (unpaired) electrons. The minimum atomic E-state index is 0.224. The van der Waals surface area contributed by atoms with Gasteiger partial charge in [-0.1, -0.05) is 0 Å². The molecule has 1 unspecified atom stereocenters. The summed E-state index contributed by atoms with van der Waals surface area (Å²) >= 11 is 0. The lowest BCUT2D eigenvalue weighted by Crippen LogP contribution is -2.36. The third kappa shape index (κ3) is 3.54. The van der Waals surface area contributed by atoms with E-state index >= 15 is 0 Å². The van der Waals surface area contributed by atoms with Crippen molar-refractivity contribution in [3.05, 3.63) is 12.4 Å². The minimum absolute atomic E-state index is 0.224. The van der Waals surface area contributed by atoms with Crippen molar-refractivity contribution >= 4 is 11.6 Å². The molecule has 0 bridgehead atoms. The number of methoxy groups -OCH3 is 1. The number of rotatable bonds is 5. The molecule has 6 heteroatoms. The molecule has 1 aromatic rings. The standard InChI is InChI=1S/C12H20N4O2/c1-10(8-17-2)15-11-7-12(14-9-13-11)16-3-5-18-6-4-16/h7,9-10H,3-6,8H2,1-2H3,(H,13,14,15). The second-order valence-electron chi connectivity index (χ2n) is 4.36. The van der Waals surface area contributed by atoms with Gasteiger partial charge in [-0.25, -0.2) is 9.97 Å². The summed E-state index contributed by atoms with van der Waals surface area (Å²) in [6.07, 6.45) is 1.59. The summed E-state index contributed by atoms with van der Waals surface area (Å²) in [6, 6.07) is 2.19. The molecule has 1 aliphatic rings. The first-order valence-electron chi connectivity index (χ1n) is 6.20. The Morgan fingerprint density at radius 2 is 2.22 bits per heavy atom. The van der Waals surface area contributed by atoms with Crippen LogP contribution in [0.5, 0.6) is 0 Å². The van der Waals surface area contributed by atoms with Gasteiger partial charge in [0.1, 0.15) is 18.0 Å². The monoisotopic (exact) mass is 252 g/mol. The van der Waals surface area contributed by atoms with Crippen molar-refractivity contribution in [3.63, 3.8) is 0 Å². The number of hydrogen-bond donors (Lipinski definition) is 1. The van der Waals surface area contributed by atoms with Crippen LogP contribution in [0.1, 0.15) is 6.92 Å². The predicted molar refractivity (Wildman–Crippen MR) is 70.0 cm³/mol. The van der Waals surface area contributed by atoms with Crippen LogP contribution in [0.4, 0.5) is 11.6 Å². The molecule has 2 heterocycles. The summed E-state index contributed by atoms with van der Waals surface area (Å²) in [5.74, 6) is 1.77. The highest BCUT2D eigenvalue weighted by atomic mass is 16.5. The number of anilines is 2. The van der Waals surface area contributed by atoms with Crippen LogP contribution in [0.15, 0.2) is 12.4 Å². The zero-order chi connectivity index (χ0) is 12.8. The van der Waals surface area contributed by atoms with E-state index in [1.54, 1.807) is 13.4 Å². The predicted octanol–water partition coefficient (Wildman–Crippen LogP) is 0.760. The molecule has 0 amide bonds. The number of nitrogens with zero attached hydrogens (tertiary/aromatic N) is 3. The molecule has 18 heavy (non-hydrogen) atoms. The molecule has 100 valence electrons. The van der Waals surface area contributed by atoms with Crippen molar-refractivity contribution in [1.82, 2.24) is 9.97 Å².